The lowest BCUT2D eigenvalue weighted by molar-refractivity contribution is 1.17. The molecule has 0 saturated carbocycles. The van der Waals surface area contributed by atoms with Crippen LogP contribution < -0.4 is 5.56 Å². The first-order valence-electron chi connectivity index (χ1n) is 13.4. The Labute approximate surface area is 244 Å². The predicted molar refractivity (Wildman–Crippen MR) is 174 cm³/mol. The fourth-order valence-electron chi connectivity index (χ4n) is 5.54. The maximum absolute atomic E-state index is 14.1. The normalized spacial score (nSPS) is 11.5. The molecule has 5 heteroatoms. The van der Waals surface area contributed by atoms with E-state index in [9.17, 15) is 4.79 Å². The summed E-state index contributed by atoms with van der Waals surface area (Å²) in [6.07, 6.45) is 0. The second-order valence-electron chi connectivity index (χ2n) is 9.99. The molecule has 0 bridgehead atoms. The van der Waals surface area contributed by atoms with Gasteiger partial charge in [0.25, 0.3) is 5.56 Å². The molecule has 0 atom stereocenters. The Morgan fingerprint density at radius 2 is 1.07 bits per heavy atom. The van der Waals surface area contributed by atoms with Crippen LogP contribution in [-0.2, 0) is 0 Å². The summed E-state index contributed by atoms with van der Waals surface area (Å²) in [4.78, 5) is 21.0. The Hall–Kier alpha value is -4.84. The van der Waals surface area contributed by atoms with E-state index in [1.807, 2.05) is 54.6 Å². The fraction of sp³-hybridized carbons (Fsp3) is 0. The Morgan fingerprint density at radius 3 is 1.71 bits per heavy atom. The molecule has 0 aliphatic heterocycles. The molecule has 3 nitrogen and oxygen atoms in total. The van der Waals surface area contributed by atoms with Crippen LogP contribution in [0.5, 0.6) is 0 Å². The maximum Gasteiger partial charge on any atom is 0.277 e. The highest BCUT2D eigenvalue weighted by atomic mass is 32.1. The summed E-state index contributed by atoms with van der Waals surface area (Å²) in [6, 6.07) is 46.0. The van der Waals surface area contributed by atoms with E-state index in [-0.39, 0.29) is 5.56 Å². The summed E-state index contributed by atoms with van der Waals surface area (Å²) in [7, 11) is 0. The van der Waals surface area contributed by atoms with Crippen LogP contribution >= 0.6 is 22.7 Å². The highest BCUT2D eigenvalue weighted by Gasteiger charge is 2.22. The van der Waals surface area contributed by atoms with Gasteiger partial charge in [0.2, 0.25) is 0 Å². The van der Waals surface area contributed by atoms with E-state index in [1.54, 1.807) is 27.1 Å². The first-order chi connectivity index (χ1) is 20.2. The molecule has 0 N–H and O–H groups in total. The molecule has 194 valence electrons. The van der Waals surface area contributed by atoms with E-state index in [0.29, 0.717) is 9.66 Å². The van der Waals surface area contributed by atoms with Crippen LogP contribution in [0, 0.1) is 0 Å². The Kier molecular flexibility index (Phi) is 5.66. The summed E-state index contributed by atoms with van der Waals surface area (Å²) < 4.78 is 3.50. The third-order valence-corrected chi connectivity index (χ3v) is 9.70. The second kappa shape index (κ2) is 9.66. The SMILES string of the molecule is O=c1c2sc(-c3cc(-c4ccccc4)cc(-c4ccccc4)c3)c(-c3ccccc3)c2nc2sc3ccccc3n12. The number of thiazole rings is 1. The first-order valence-corrected chi connectivity index (χ1v) is 15.1. The predicted octanol–water partition coefficient (Wildman–Crippen LogP) is 9.79. The van der Waals surface area contributed by atoms with Gasteiger partial charge in [0.15, 0.2) is 4.96 Å². The van der Waals surface area contributed by atoms with Gasteiger partial charge >= 0.3 is 0 Å². The van der Waals surface area contributed by atoms with E-state index in [1.165, 1.54) is 0 Å². The van der Waals surface area contributed by atoms with Crippen molar-refractivity contribution in [2.75, 3.05) is 0 Å². The Bertz CT molecular complexity index is 2210. The number of hydrogen-bond donors (Lipinski definition) is 0. The lowest BCUT2D eigenvalue weighted by atomic mass is 9.93. The molecule has 0 radical (unpaired) electrons. The Balaban J connectivity index is 1.47. The van der Waals surface area contributed by atoms with Crippen LogP contribution in [0.3, 0.4) is 0 Å². The van der Waals surface area contributed by atoms with Gasteiger partial charge in [-0.05, 0) is 63.7 Å². The highest BCUT2D eigenvalue weighted by Crippen LogP contribution is 2.45. The van der Waals surface area contributed by atoms with Crippen molar-refractivity contribution >= 4 is 48.1 Å². The van der Waals surface area contributed by atoms with Crippen molar-refractivity contribution in [1.82, 2.24) is 9.38 Å². The van der Waals surface area contributed by atoms with Gasteiger partial charge in [0.05, 0.1) is 15.7 Å². The number of fused-ring (bicyclic) bond motifs is 4. The van der Waals surface area contributed by atoms with Crippen molar-refractivity contribution < 1.29 is 0 Å². The van der Waals surface area contributed by atoms with Crippen LogP contribution in [0.15, 0.2) is 138 Å². The molecule has 41 heavy (non-hydrogen) atoms. The van der Waals surface area contributed by atoms with Gasteiger partial charge in [-0.25, -0.2) is 9.38 Å². The minimum Gasteiger partial charge on any atom is -0.267 e. The van der Waals surface area contributed by atoms with Crippen molar-refractivity contribution in [2.45, 2.75) is 0 Å². The third-order valence-electron chi connectivity index (χ3n) is 7.46. The summed E-state index contributed by atoms with van der Waals surface area (Å²) in [6.45, 7) is 0. The lowest BCUT2D eigenvalue weighted by Gasteiger charge is -2.12. The molecule has 0 aliphatic carbocycles. The van der Waals surface area contributed by atoms with Gasteiger partial charge in [-0.1, -0.05) is 114 Å². The van der Waals surface area contributed by atoms with Crippen molar-refractivity contribution in [3.63, 3.8) is 0 Å². The number of rotatable bonds is 4. The summed E-state index contributed by atoms with van der Waals surface area (Å²) in [5.41, 5.74) is 9.36. The molecule has 0 amide bonds. The molecule has 8 rings (SSSR count). The zero-order valence-electron chi connectivity index (χ0n) is 21.8. The number of para-hydroxylation sites is 1. The van der Waals surface area contributed by atoms with E-state index in [2.05, 4.69) is 78.9 Å². The van der Waals surface area contributed by atoms with Gasteiger partial charge in [-0.3, -0.25) is 4.79 Å². The zero-order valence-corrected chi connectivity index (χ0v) is 23.5. The van der Waals surface area contributed by atoms with E-state index in [4.69, 9.17) is 4.98 Å². The third kappa shape index (κ3) is 4.01. The van der Waals surface area contributed by atoms with E-state index < -0.39 is 0 Å². The number of hydrogen-bond acceptors (Lipinski definition) is 4. The van der Waals surface area contributed by atoms with Crippen LogP contribution in [-0.4, -0.2) is 9.38 Å². The molecule has 3 heterocycles. The van der Waals surface area contributed by atoms with Gasteiger partial charge in [-0.15, -0.1) is 11.3 Å². The zero-order chi connectivity index (χ0) is 27.3. The monoisotopic (exact) mass is 562 g/mol. The molecule has 0 aliphatic rings. The van der Waals surface area contributed by atoms with Crippen molar-refractivity contribution in [3.8, 4) is 43.8 Å². The molecule has 0 spiro atoms. The van der Waals surface area contributed by atoms with Gasteiger partial charge in [0.1, 0.15) is 4.70 Å². The quantitative estimate of drug-likeness (QED) is 0.214. The largest absolute Gasteiger partial charge is 0.277 e. The smallest absolute Gasteiger partial charge is 0.267 e. The van der Waals surface area contributed by atoms with Gasteiger partial charge in [0, 0.05) is 10.4 Å². The molecule has 3 aromatic heterocycles. The molecule has 5 aromatic carbocycles. The van der Waals surface area contributed by atoms with E-state index >= 15 is 0 Å². The van der Waals surface area contributed by atoms with Crippen molar-refractivity contribution in [3.05, 3.63) is 144 Å². The Morgan fingerprint density at radius 1 is 0.537 bits per heavy atom. The van der Waals surface area contributed by atoms with Crippen LogP contribution in [0.2, 0.25) is 0 Å². The van der Waals surface area contributed by atoms with Crippen molar-refractivity contribution in [1.29, 1.82) is 0 Å². The molecule has 8 aromatic rings. The molecule has 0 saturated heterocycles. The number of aromatic nitrogens is 2. The van der Waals surface area contributed by atoms with Gasteiger partial charge in [-0.2, -0.15) is 0 Å². The lowest BCUT2D eigenvalue weighted by Crippen LogP contribution is -2.12. The minimum atomic E-state index is -0.0154. The maximum atomic E-state index is 14.1. The van der Waals surface area contributed by atoms with Crippen LogP contribution in [0.25, 0.3) is 69.2 Å². The average molecular weight is 563 g/mol. The fourth-order valence-corrected chi connectivity index (χ4v) is 7.74. The number of benzene rings is 5. The molecule has 0 fully saturated rings. The average Bonchev–Trinajstić information content (AvgIpc) is 3.61. The van der Waals surface area contributed by atoms with Crippen LogP contribution in [0.1, 0.15) is 0 Å². The van der Waals surface area contributed by atoms with Crippen molar-refractivity contribution in [2.24, 2.45) is 0 Å². The second-order valence-corrected chi connectivity index (χ2v) is 12.0. The summed E-state index contributed by atoms with van der Waals surface area (Å²) >= 11 is 3.10. The molecular formula is C36H22N2OS2. The minimum absolute atomic E-state index is 0.0154. The topological polar surface area (TPSA) is 34.4 Å². The van der Waals surface area contributed by atoms with E-state index in [0.717, 1.165) is 59.6 Å². The highest BCUT2D eigenvalue weighted by molar-refractivity contribution is 7.24. The number of thiophene rings is 1. The van der Waals surface area contributed by atoms with Crippen LogP contribution in [0.4, 0.5) is 0 Å². The molecule has 0 unspecified atom stereocenters. The van der Waals surface area contributed by atoms with Gasteiger partial charge < -0.3 is 0 Å². The summed E-state index contributed by atoms with van der Waals surface area (Å²) in [5.74, 6) is 0. The standard InChI is InChI=1S/C36H22N2OS2/c39-35-34-32(37-36-38(35)29-18-10-11-19-30(29)40-36)31(25-16-8-3-9-17-25)33(41-34)28-21-26(23-12-4-1-5-13-23)20-27(22-28)24-14-6-2-7-15-24/h1-22H. The molecular weight excluding hydrogens is 541 g/mol. The summed E-state index contributed by atoms with van der Waals surface area (Å²) in [5, 5.41) is 0. The first kappa shape index (κ1) is 24.0. The number of nitrogens with zero attached hydrogens (tertiary/aromatic N) is 2.